The van der Waals surface area contributed by atoms with Crippen LogP contribution < -0.4 is 11.1 Å². The first-order valence-corrected chi connectivity index (χ1v) is 6.82. The Kier molecular flexibility index (Phi) is 4.78. The highest BCUT2D eigenvalue weighted by Crippen LogP contribution is 2.19. The van der Waals surface area contributed by atoms with Gasteiger partial charge in [-0.15, -0.1) is 0 Å². The summed E-state index contributed by atoms with van der Waals surface area (Å²) in [6.07, 6.45) is 1.92. The Labute approximate surface area is 119 Å². The van der Waals surface area contributed by atoms with Crippen LogP contribution in [-0.4, -0.2) is 31.2 Å². The van der Waals surface area contributed by atoms with Gasteiger partial charge in [0.1, 0.15) is 0 Å². The molecule has 1 fully saturated rings. The van der Waals surface area contributed by atoms with Gasteiger partial charge >= 0.3 is 0 Å². The summed E-state index contributed by atoms with van der Waals surface area (Å²) < 4.78 is 5.44. The monoisotopic (exact) mass is 272 g/mol. The maximum Gasteiger partial charge on any atom is 0.251 e. The van der Waals surface area contributed by atoms with Crippen molar-refractivity contribution < 1.29 is 9.53 Å². The van der Waals surface area contributed by atoms with Gasteiger partial charge < -0.3 is 15.8 Å². The van der Waals surface area contributed by atoms with Gasteiger partial charge in [-0.05, 0) is 44.0 Å². The van der Waals surface area contributed by atoms with Crippen LogP contribution in [0.4, 0.5) is 0 Å². The van der Waals surface area contributed by atoms with Crippen LogP contribution in [0.15, 0.2) is 24.3 Å². The molecule has 1 amide bonds. The molecule has 1 atom stereocenters. The minimum absolute atomic E-state index is 0.0728. The molecule has 4 heteroatoms. The SMILES string of the molecule is CC1(NC(=O)c2ccc(C#CCN)cc2)CCCOC1. The van der Waals surface area contributed by atoms with Crippen molar-refractivity contribution in [2.24, 2.45) is 5.73 Å². The fraction of sp³-hybridized carbons (Fsp3) is 0.438. The lowest BCUT2D eigenvalue weighted by Gasteiger charge is -2.34. The lowest BCUT2D eigenvalue weighted by atomic mass is 9.94. The third-order valence-corrected chi connectivity index (χ3v) is 3.34. The normalized spacial score (nSPS) is 21.7. The van der Waals surface area contributed by atoms with Gasteiger partial charge in [0.25, 0.3) is 5.91 Å². The molecule has 0 aliphatic carbocycles. The molecule has 2 rings (SSSR count). The van der Waals surface area contributed by atoms with Crippen molar-refractivity contribution in [3.63, 3.8) is 0 Å². The highest BCUT2D eigenvalue weighted by molar-refractivity contribution is 5.94. The second-order valence-corrected chi connectivity index (χ2v) is 5.25. The molecule has 4 nitrogen and oxygen atoms in total. The zero-order valence-corrected chi connectivity index (χ0v) is 11.7. The van der Waals surface area contributed by atoms with Crippen molar-refractivity contribution in [2.75, 3.05) is 19.8 Å². The summed E-state index contributed by atoms with van der Waals surface area (Å²) in [6, 6.07) is 7.22. The number of carbonyl (C=O) groups is 1. The van der Waals surface area contributed by atoms with E-state index in [1.807, 2.05) is 19.1 Å². The quantitative estimate of drug-likeness (QED) is 0.798. The van der Waals surface area contributed by atoms with Gasteiger partial charge in [-0.2, -0.15) is 0 Å². The van der Waals surface area contributed by atoms with E-state index in [2.05, 4.69) is 17.2 Å². The minimum Gasteiger partial charge on any atom is -0.379 e. The number of nitrogens with one attached hydrogen (secondary N) is 1. The molecule has 3 N–H and O–H groups in total. The lowest BCUT2D eigenvalue weighted by Crippen LogP contribution is -2.51. The first-order valence-electron chi connectivity index (χ1n) is 6.82. The number of hydrogen-bond donors (Lipinski definition) is 2. The Morgan fingerprint density at radius 1 is 1.45 bits per heavy atom. The first kappa shape index (κ1) is 14.6. The third kappa shape index (κ3) is 3.83. The fourth-order valence-corrected chi connectivity index (χ4v) is 2.24. The Balaban J connectivity index is 2.02. The largest absolute Gasteiger partial charge is 0.379 e. The molecule has 0 radical (unpaired) electrons. The maximum atomic E-state index is 12.2. The van der Waals surface area contributed by atoms with Crippen molar-refractivity contribution in [2.45, 2.75) is 25.3 Å². The van der Waals surface area contributed by atoms with Crippen LogP contribution in [0.2, 0.25) is 0 Å². The number of benzene rings is 1. The topological polar surface area (TPSA) is 64.4 Å². The number of nitrogens with two attached hydrogens (primary N) is 1. The standard InChI is InChI=1S/C16H20N2O2/c1-16(9-3-11-20-12-16)18-15(19)14-7-5-13(6-8-14)4-2-10-17/h5-8H,3,9-12,17H2,1H3,(H,18,19). The van der Waals surface area contributed by atoms with E-state index in [9.17, 15) is 4.79 Å². The van der Waals surface area contributed by atoms with Crippen LogP contribution >= 0.6 is 0 Å². The van der Waals surface area contributed by atoms with Crippen LogP contribution in [0.1, 0.15) is 35.7 Å². The van der Waals surface area contributed by atoms with Gasteiger partial charge in [0.15, 0.2) is 0 Å². The van der Waals surface area contributed by atoms with Gasteiger partial charge in [-0.3, -0.25) is 4.79 Å². The molecule has 106 valence electrons. The van der Waals surface area contributed by atoms with E-state index in [1.165, 1.54) is 0 Å². The van der Waals surface area contributed by atoms with Crippen LogP contribution in [0.3, 0.4) is 0 Å². The molecule has 20 heavy (non-hydrogen) atoms. The van der Waals surface area contributed by atoms with E-state index < -0.39 is 0 Å². The van der Waals surface area contributed by atoms with Crippen LogP contribution in [0, 0.1) is 11.8 Å². The number of hydrogen-bond acceptors (Lipinski definition) is 3. The van der Waals surface area contributed by atoms with E-state index >= 15 is 0 Å². The van der Waals surface area contributed by atoms with E-state index in [1.54, 1.807) is 12.1 Å². The molecule has 0 spiro atoms. The number of amides is 1. The van der Waals surface area contributed by atoms with Crippen molar-refractivity contribution in [3.8, 4) is 11.8 Å². The Hall–Kier alpha value is -1.83. The predicted octanol–water partition coefficient (Wildman–Crippen LogP) is 1.30. The highest BCUT2D eigenvalue weighted by Gasteiger charge is 2.29. The molecule has 0 bridgehead atoms. The summed E-state index contributed by atoms with van der Waals surface area (Å²) in [4.78, 5) is 12.2. The zero-order chi connectivity index (χ0) is 14.4. The van der Waals surface area contributed by atoms with Gasteiger partial charge in [0.05, 0.1) is 18.7 Å². The van der Waals surface area contributed by atoms with Gasteiger partial charge in [0, 0.05) is 17.7 Å². The average Bonchev–Trinajstić information content (AvgIpc) is 2.46. The third-order valence-electron chi connectivity index (χ3n) is 3.34. The van der Waals surface area contributed by atoms with Crippen LogP contribution in [0.5, 0.6) is 0 Å². The molecule has 0 saturated carbocycles. The van der Waals surface area contributed by atoms with Crippen molar-refractivity contribution in [3.05, 3.63) is 35.4 Å². The summed E-state index contributed by atoms with van der Waals surface area (Å²) in [7, 11) is 0. The maximum absolute atomic E-state index is 12.2. The van der Waals surface area contributed by atoms with Crippen molar-refractivity contribution >= 4 is 5.91 Å². The summed E-state index contributed by atoms with van der Waals surface area (Å²) in [6.45, 7) is 3.70. The molecule has 1 aliphatic rings. The summed E-state index contributed by atoms with van der Waals surface area (Å²) in [5, 5.41) is 3.05. The van der Waals surface area contributed by atoms with E-state index in [4.69, 9.17) is 10.5 Å². The lowest BCUT2D eigenvalue weighted by molar-refractivity contribution is 0.0272. The fourth-order valence-electron chi connectivity index (χ4n) is 2.24. The molecule has 1 aliphatic heterocycles. The van der Waals surface area contributed by atoms with Gasteiger partial charge in [-0.1, -0.05) is 11.8 Å². The van der Waals surface area contributed by atoms with E-state index in [0.29, 0.717) is 18.7 Å². The number of rotatable bonds is 2. The number of carbonyl (C=O) groups excluding carboxylic acids is 1. The van der Waals surface area contributed by atoms with Crippen molar-refractivity contribution in [1.29, 1.82) is 0 Å². The van der Waals surface area contributed by atoms with Crippen LogP contribution in [-0.2, 0) is 4.74 Å². The highest BCUT2D eigenvalue weighted by atomic mass is 16.5. The minimum atomic E-state index is -0.270. The first-order chi connectivity index (χ1) is 9.63. The van der Waals surface area contributed by atoms with Crippen LogP contribution in [0.25, 0.3) is 0 Å². The molecule has 1 aromatic carbocycles. The van der Waals surface area contributed by atoms with Crippen molar-refractivity contribution in [1.82, 2.24) is 5.32 Å². The molecule has 1 saturated heterocycles. The smallest absolute Gasteiger partial charge is 0.251 e. The second kappa shape index (κ2) is 6.56. The molecule has 0 aromatic heterocycles. The van der Waals surface area contributed by atoms with Gasteiger partial charge in [0.2, 0.25) is 0 Å². The molecule has 1 heterocycles. The summed E-state index contributed by atoms with van der Waals surface area (Å²) in [5.41, 5.74) is 6.55. The molecule has 1 unspecified atom stereocenters. The predicted molar refractivity (Wildman–Crippen MR) is 78.3 cm³/mol. The zero-order valence-electron chi connectivity index (χ0n) is 11.7. The summed E-state index contributed by atoms with van der Waals surface area (Å²) in [5.74, 6) is 5.65. The average molecular weight is 272 g/mol. The summed E-state index contributed by atoms with van der Waals surface area (Å²) >= 11 is 0. The molecular formula is C16H20N2O2. The Morgan fingerprint density at radius 2 is 2.20 bits per heavy atom. The second-order valence-electron chi connectivity index (χ2n) is 5.25. The van der Waals surface area contributed by atoms with Gasteiger partial charge in [-0.25, -0.2) is 0 Å². The Morgan fingerprint density at radius 3 is 2.80 bits per heavy atom. The molecular weight excluding hydrogens is 252 g/mol. The Bertz CT molecular complexity index is 520. The number of ether oxygens (including phenoxy) is 1. The molecule has 1 aromatic rings. The van der Waals surface area contributed by atoms with E-state index in [0.717, 1.165) is 25.0 Å². The van der Waals surface area contributed by atoms with E-state index in [-0.39, 0.29) is 11.4 Å².